The number of thioether (sulfide) groups is 1. The van der Waals surface area contributed by atoms with E-state index in [0.717, 1.165) is 16.8 Å². The van der Waals surface area contributed by atoms with Gasteiger partial charge >= 0.3 is 0 Å². The van der Waals surface area contributed by atoms with Gasteiger partial charge in [-0.3, -0.25) is 0 Å². The standard InChI is InChI=1S/C17H11FN2OS2/c18-13-6-2-1-5-12(13)16-19-11(9-22-16)10-23-17-20-14-7-3-4-8-15(14)21-17/h1-9H,10H2. The number of para-hydroxylation sites is 2. The fraction of sp³-hybridized carbons (Fsp3) is 0.0588. The van der Waals surface area contributed by atoms with Crippen LogP contribution < -0.4 is 0 Å². The van der Waals surface area contributed by atoms with Gasteiger partial charge in [-0.15, -0.1) is 11.3 Å². The van der Waals surface area contributed by atoms with E-state index in [1.807, 2.05) is 35.7 Å². The molecular formula is C17H11FN2OS2. The van der Waals surface area contributed by atoms with Crippen LogP contribution in [0.4, 0.5) is 4.39 Å². The highest BCUT2D eigenvalue weighted by atomic mass is 32.2. The van der Waals surface area contributed by atoms with Crippen LogP contribution in [0.2, 0.25) is 0 Å². The third kappa shape index (κ3) is 3.00. The van der Waals surface area contributed by atoms with Gasteiger partial charge in [-0.25, -0.2) is 14.4 Å². The molecule has 0 radical (unpaired) electrons. The number of rotatable bonds is 4. The Bertz CT molecular complexity index is 931. The van der Waals surface area contributed by atoms with Crippen LogP contribution in [-0.2, 0) is 5.75 Å². The van der Waals surface area contributed by atoms with Gasteiger partial charge < -0.3 is 4.42 Å². The minimum absolute atomic E-state index is 0.250. The molecule has 0 spiro atoms. The van der Waals surface area contributed by atoms with Crippen LogP contribution in [0.5, 0.6) is 0 Å². The van der Waals surface area contributed by atoms with Gasteiger partial charge in [-0.05, 0) is 24.3 Å². The fourth-order valence-corrected chi connectivity index (χ4v) is 3.86. The van der Waals surface area contributed by atoms with Crippen molar-refractivity contribution < 1.29 is 8.81 Å². The molecule has 0 fully saturated rings. The maximum absolute atomic E-state index is 13.8. The van der Waals surface area contributed by atoms with E-state index >= 15 is 0 Å². The van der Waals surface area contributed by atoms with Gasteiger partial charge in [0.1, 0.15) is 16.3 Å². The second-order valence-electron chi connectivity index (χ2n) is 4.86. The molecule has 4 rings (SSSR count). The average molecular weight is 342 g/mol. The summed E-state index contributed by atoms with van der Waals surface area (Å²) in [5.41, 5.74) is 3.05. The molecule has 0 amide bonds. The summed E-state index contributed by atoms with van der Waals surface area (Å²) in [7, 11) is 0. The number of halogens is 1. The summed E-state index contributed by atoms with van der Waals surface area (Å²) in [5, 5.41) is 3.25. The largest absolute Gasteiger partial charge is 0.431 e. The first-order valence-electron chi connectivity index (χ1n) is 6.97. The summed E-state index contributed by atoms with van der Waals surface area (Å²) in [6.45, 7) is 0. The molecule has 2 aromatic carbocycles. The summed E-state index contributed by atoms with van der Waals surface area (Å²) in [5.74, 6) is 0.387. The number of benzene rings is 2. The van der Waals surface area contributed by atoms with Crippen molar-refractivity contribution in [3.8, 4) is 10.6 Å². The maximum Gasteiger partial charge on any atom is 0.257 e. The predicted molar refractivity (Wildman–Crippen MR) is 91.1 cm³/mol. The fourth-order valence-electron chi connectivity index (χ4n) is 2.18. The average Bonchev–Trinajstić information content (AvgIpc) is 3.19. The molecule has 4 aromatic rings. The first kappa shape index (κ1) is 14.4. The molecule has 3 nitrogen and oxygen atoms in total. The molecule has 0 saturated heterocycles. The Morgan fingerprint density at radius 1 is 1.04 bits per heavy atom. The number of oxazole rings is 1. The van der Waals surface area contributed by atoms with Gasteiger partial charge in [0.15, 0.2) is 5.58 Å². The van der Waals surface area contributed by atoms with Gasteiger partial charge in [0.05, 0.1) is 5.69 Å². The number of fused-ring (bicyclic) bond motifs is 1. The van der Waals surface area contributed by atoms with Gasteiger partial charge in [-0.1, -0.05) is 36.0 Å². The molecule has 23 heavy (non-hydrogen) atoms. The Balaban J connectivity index is 1.51. The molecule has 6 heteroatoms. The molecular weight excluding hydrogens is 331 g/mol. The Hall–Kier alpha value is -2.18. The Labute approximate surface area is 140 Å². The van der Waals surface area contributed by atoms with E-state index in [2.05, 4.69) is 9.97 Å². The third-order valence-corrected chi connectivity index (χ3v) is 5.06. The van der Waals surface area contributed by atoms with E-state index in [4.69, 9.17) is 4.42 Å². The molecule has 0 bridgehead atoms. The number of nitrogens with zero attached hydrogens (tertiary/aromatic N) is 2. The number of hydrogen-bond acceptors (Lipinski definition) is 5. The second kappa shape index (κ2) is 6.14. The maximum atomic E-state index is 13.8. The van der Waals surface area contributed by atoms with E-state index in [1.54, 1.807) is 12.1 Å². The zero-order valence-corrected chi connectivity index (χ0v) is 13.5. The van der Waals surface area contributed by atoms with E-state index < -0.39 is 0 Å². The highest BCUT2D eigenvalue weighted by Gasteiger charge is 2.11. The van der Waals surface area contributed by atoms with Gasteiger partial charge in [0.2, 0.25) is 0 Å². The number of hydrogen-bond donors (Lipinski definition) is 0. The lowest BCUT2D eigenvalue weighted by molar-refractivity contribution is 0.489. The zero-order valence-electron chi connectivity index (χ0n) is 11.9. The van der Waals surface area contributed by atoms with Crippen LogP contribution in [-0.4, -0.2) is 9.97 Å². The summed E-state index contributed by atoms with van der Waals surface area (Å²) in [6, 6.07) is 14.3. The van der Waals surface area contributed by atoms with Crippen molar-refractivity contribution >= 4 is 34.2 Å². The molecule has 2 aromatic heterocycles. The number of aromatic nitrogens is 2. The minimum Gasteiger partial charge on any atom is -0.431 e. The highest BCUT2D eigenvalue weighted by Crippen LogP contribution is 2.30. The van der Waals surface area contributed by atoms with Crippen molar-refractivity contribution in [3.63, 3.8) is 0 Å². The van der Waals surface area contributed by atoms with Gasteiger partial charge in [0, 0.05) is 16.7 Å². The second-order valence-corrected chi connectivity index (χ2v) is 6.64. The first-order valence-corrected chi connectivity index (χ1v) is 8.84. The minimum atomic E-state index is -0.250. The molecule has 0 atom stereocenters. The van der Waals surface area contributed by atoms with E-state index in [1.165, 1.54) is 29.2 Å². The van der Waals surface area contributed by atoms with Crippen LogP contribution in [0.3, 0.4) is 0 Å². The lowest BCUT2D eigenvalue weighted by Gasteiger charge is -1.97. The molecule has 2 heterocycles. The molecule has 0 N–H and O–H groups in total. The van der Waals surface area contributed by atoms with Gasteiger partial charge in [0.25, 0.3) is 5.22 Å². The molecule has 0 aliphatic carbocycles. The number of thiazole rings is 1. The lowest BCUT2D eigenvalue weighted by atomic mass is 10.2. The van der Waals surface area contributed by atoms with Crippen molar-refractivity contribution in [1.82, 2.24) is 9.97 Å². The summed E-state index contributed by atoms with van der Waals surface area (Å²) >= 11 is 2.93. The Kier molecular flexibility index (Phi) is 3.85. The van der Waals surface area contributed by atoms with Crippen LogP contribution in [0.1, 0.15) is 5.69 Å². The van der Waals surface area contributed by atoms with Crippen LogP contribution >= 0.6 is 23.1 Å². The molecule has 0 saturated carbocycles. The van der Waals surface area contributed by atoms with Crippen LogP contribution in [0, 0.1) is 5.82 Å². The first-order chi connectivity index (χ1) is 11.3. The monoisotopic (exact) mass is 342 g/mol. The van der Waals surface area contributed by atoms with Crippen molar-refractivity contribution in [2.45, 2.75) is 11.0 Å². The molecule has 0 aliphatic rings. The zero-order chi connectivity index (χ0) is 15.6. The SMILES string of the molecule is Fc1ccccc1-c1nc(CSc2nc3ccccc3o2)cs1. The highest BCUT2D eigenvalue weighted by molar-refractivity contribution is 7.98. The van der Waals surface area contributed by atoms with E-state index in [9.17, 15) is 4.39 Å². The van der Waals surface area contributed by atoms with Crippen molar-refractivity contribution in [2.75, 3.05) is 0 Å². The van der Waals surface area contributed by atoms with Gasteiger partial charge in [-0.2, -0.15) is 0 Å². The molecule has 0 unspecified atom stereocenters. The normalized spacial score (nSPS) is 11.2. The molecule has 114 valence electrons. The summed E-state index contributed by atoms with van der Waals surface area (Å²) < 4.78 is 19.5. The lowest BCUT2D eigenvalue weighted by Crippen LogP contribution is -1.85. The van der Waals surface area contributed by atoms with E-state index in [0.29, 0.717) is 21.5 Å². The van der Waals surface area contributed by atoms with E-state index in [-0.39, 0.29) is 5.82 Å². The van der Waals surface area contributed by atoms with Crippen molar-refractivity contribution in [3.05, 3.63) is 65.4 Å². The third-order valence-electron chi connectivity index (χ3n) is 3.27. The quantitative estimate of drug-likeness (QED) is 0.467. The summed E-state index contributed by atoms with van der Waals surface area (Å²) in [6.07, 6.45) is 0. The summed E-state index contributed by atoms with van der Waals surface area (Å²) in [4.78, 5) is 8.92. The Morgan fingerprint density at radius 2 is 1.87 bits per heavy atom. The smallest absolute Gasteiger partial charge is 0.257 e. The van der Waals surface area contributed by atoms with Crippen LogP contribution in [0.25, 0.3) is 21.7 Å². The Morgan fingerprint density at radius 3 is 2.74 bits per heavy atom. The van der Waals surface area contributed by atoms with Crippen molar-refractivity contribution in [2.24, 2.45) is 0 Å². The molecule has 0 aliphatic heterocycles. The van der Waals surface area contributed by atoms with Crippen molar-refractivity contribution in [1.29, 1.82) is 0 Å². The van der Waals surface area contributed by atoms with Crippen LogP contribution in [0.15, 0.2) is 63.6 Å². The predicted octanol–water partition coefficient (Wildman–Crippen LogP) is 5.38. The topological polar surface area (TPSA) is 38.9 Å².